The molecule has 0 aliphatic carbocycles. The molecule has 0 unspecified atom stereocenters. The molecule has 5 N–H and O–H groups in total. The van der Waals surface area contributed by atoms with Crippen molar-refractivity contribution in [3.05, 3.63) is 52.5 Å². The first-order valence-corrected chi connectivity index (χ1v) is 10.1. The van der Waals surface area contributed by atoms with Crippen LogP contribution >= 0.6 is 35.4 Å². The summed E-state index contributed by atoms with van der Waals surface area (Å²) in [5.74, 6) is -0.308. The van der Waals surface area contributed by atoms with Gasteiger partial charge in [0.1, 0.15) is 0 Å². The largest absolute Gasteiger partial charge is 0.388 e. The number of carbonyl (C=O) groups is 1. The predicted molar refractivity (Wildman–Crippen MR) is 125 cm³/mol. The van der Waals surface area contributed by atoms with Gasteiger partial charge in [-0.25, -0.2) is 0 Å². The lowest BCUT2D eigenvalue weighted by Crippen LogP contribution is -2.20. The van der Waals surface area contributed by atoms with Gasteiger partial charge in [-0.05, 0) is 60.1 Å². The normalized spacial score (nSPS) is 10.2. The molecule has 1 heterocycles. The van der Waals surface area contributed by atoms with E-state index < -0.39 is 0 Å². The summed E-state index contributed by atoms with van der Waals surface area (Å²) >= 11 is 12.8. The first-order valence-electron chi connectivity index (χ1n) is 8.45. The third-order valence-electron chi connectivity index (χ3n) is 3.87. The molecule has 0 fully saturated rings. The van der Waals surface area contributed by atoms with Crippen molar-refractivity contribution in [1.82, 2.24) is 9.59 Å². The maximum atomic E-state index is 12.0. The third-order valence-corrected chi connectivity index (χ3v) is 4.88. The van der Waals surface area contributed by atoms with Gasteiger partial charge in [0, 0.05) is 36.5 Å². The Morgan fingerprint density at radius 3 is 2.28 bits per heavy atom. The Hall–Kier alpha value is -2.95. The number of nitrogens with zero attached hydrogens (tertiary/aromatic N) is 2. The molecule has 2 aromatic carbocycles. The molecule has 3 aromatic rings. The summed E-state index contributed by atoms with van der Waals surface area (Å²) in [6.07, 6.45) is 0. The summed E-state index contributed by atoms with van der Waals surface area (Å²) in [7, 11) is 3.60. The Labute approximate surface area is 182 Å². The van der Waals surface area contributed by atoms with Crippen LogP contribution in [0.1, 0.15) is 10.5 Å². The van der Waals surface area contributed by atoms with Crippen LogP contribution in [0.4, 0.5) is 28.4 Å². The zero-order valence-corrected chi connectivity index (χ0v) is 17.9. The zero-order valence-electron chi connectivity index (χ0n) is 15.5. The molecule has 29 heavy (non-hydrogen) atoms. The number of anilines is 5. The van der Waals surface area contributed by atoms with Crippen molar-refractivity contribution < 1.29 is 4.79 Å². The molecule has 0 aliphatic rings. The van der Waals surface area contributed by atoms with Crippen molar-refractivity contribution in [2.75, 3.05) is 40.7 Å². The fourth-order valence-electron chi connectivity index (χ4n) is 2.48. The number of hydrogen-bond donors (Lipinski definition) is 5. The Morgan fingerprint density at radius 2 is 1.69 bits per heavy atom. The molecule has 0 spiro atoms. The lowest BCUT2D eigenvalue weighted by Gasteiger charge is -2.17. The summed E-state index contributed by atoms with van der Waals surface area (Å²) in [6, 6.07) is 10.9. The van der Waals surface area contributed by atoms with E-state index in [2.05, 4.69) is 36.2 Å². The number of benzene rings is 2. The highest BCUT2D eigenvalue weighted by Gasteiger charge is 2.11. The zero-order chi connectivity index (χ0) is 20.8. The van der Waals surface area contributed by atoms with Crippen molar-refractivity contribution in [3.63, 3.8) is 0 Å². The van der Waals surface area contributed by atoms with Gasteiger partial charge in [0.25, 0.3) is 5.91 Å². The van der Waals surface area contributed by atoms with E-state index >= 15 is 0 Å². The summed E-state index contributed by atoms with van der Waals surface area (Å²) < 4.78 is 3.68. The molecule has 8 nitrogen and oxygen atoms in total. The third kappa shape index (κ3) is 5.31. The van der Waals surface area contributed by atoms with Crippen LogP contribution in [-0.4, -0.2) is 34.7 Å². The van der Waals surface area contributed by atoms with E-state index in [1.807, 2.05) is 19.2 Å². The molecular weight excluding hydrogens is 430 g/mol. The van der Waals surface area contributed by atoms with Gasteiger partial charge in [-0.2, -0.15) is 0 Å². The minimum absolute atomic E-state index is 0.283. The Morgan fingerprint density at radius 1 is 1.00 bits per heavy atom. The molecule has 150 valence electrons. The van der Waals surface area contributed by atoms with Crippen LogP contribution in [0.3, 0.4) is 0 Å². The van der Waals surface area contributed by atoms with Crippen LogP contribution in [-0.2, 0) is 0 Å². The molecule has 0 atom stereocenters. The maximum absolute atomic E-state index is 12.0. The summed E-state index contributed by atoms with van der Waals surface area (Å²) in [5, 5.41) is 21.4. The topological polar surface area (TPSA) is 103 Å². The second-order valence-electron chi connectivity index (χ2n) is 5.78. The van der Waals surface area contributed by atoms with E-state index in [0.29, 0.717) is 15.8 Å². The smallest absolute Gasteiger partial charge is 0.277 e. The second-order valence-corrected chi connectivity index (χ2v) is 7.21. The van der Waals surface area contributed by atoms with E-state index in [9.17, 15) is 4.79 Å². The van der Waals surface area contributed by atoms with E-state index in [0.717, 1.165) is 34.3 Å². The van der Waals surface area contributed by atoms with E-state index in [-0.39, 0.29) is 11.6 Å². The fourth-order valence-corrected chi connectivity index (χ4v) is 3.46. The highest BCUT2D eigenvalue weighted by atomic mass is 35.5. The van der Waals surface area contributed by atoms with Crippen LogP contribution in [0.2, 0.25) is 5.02 Å². The molecule has 0 saturated heterocycles. The maximum Gasteiger partial charge on any atom is 0.277 e. The summed E-state index contributed by atoms with van der Waals surface area (Å²) in [4.78, 5) is 12.0. The summed E-state index contributed by atoms with van der Waals surface area (Å²) in [6.45, 7) is 0. The van der Waals surface area contributed by atoms with Gasteiger partial charge in [0.15, 0.2) is 10.8 Å². The van der Waals surface area contributed by atoms with Gasteiger partial charge in [0.05, 0.1) is 16.4 Å². The highest BCUT2D eigenvalue weighted by Crippen LogP contribution is 2.34. The van der Waals surface area contributed by atoms with Crippen LogP contribution in [0, 0.1) is 0 Å². The van der Waals surface area contributed by atoms with Gasteiger partial charge >= 0.3 is 0 Å². The number of hydrogen-bond acceptors (Lipinski definition) is 7. The Balaban J connectivity index is 1.64. The van der Waals surface area contributed by atoms with Crippen LogP contribution < -0.4 is 26.6 Å². The molecule has 0 saturated carbocycles. The second kappa shape index (κ2) is 9.50. The van der Waals surface area contributed by atoms with Crippen molar-refractivity contribution in [2.24, 2.45) is 0 Å². The highest BCUT2D eigenvalue weighted by molar-refractivity contribution is 7.80. The monoisotopic (exact) mass is 447 g/mol. The van der Waals surface area contributed by atoms with Crippen LogP contribution in [0.5, 0.6) is 0 Å². The molecule has 0 aliphatic heterocycles. The number of aromatic nitrogens is 2. The molecule has 1 aromatic heterocycles. The SMILES string of the molecule is CNc1cc(Cl)c(NC)c(NC(=S)Nc2ccc(NC(=O)c3csnn3)cc2)c1. The Kier molecular flexibility index (Phi) is 6.81. The average Bonchev–Trinajstić information content (AvgIpc) is 3.24. The standard InChI is InChI=1S/C18H18ClN7OS2/c1-20-12-7-13(19)16(21-2)14(8-12)24-18(28)23-11-5-3-10(4-6-11)22-17(27)15-9-29-26-25-15/h3-9,20-21H,1-2H3,(H,22,27)(H2,23,24,28). The molecule has 3 rings (SSSR count). The van der Waals surface area contributed by atoms with Crippen molar-refractivity contribution in [3.8, 4) is 0 Å². The quantitative estimate of drug-likeness (QED) is 0.356. The average molecular weight is 448 g/mol. The van der Waals surface area contributed by atoms with Crippen molar-refractivity contribution in [2.45, 2.75) is 0 Å². The van der Waals surface area contributed by atoms with E-state index in [1.54, 1.807) is 36.7 Å². The first-order chi connectivity index (χ1) is 14.0. The minimum Gasteiger partial charge on any atom is -0.388 e. The van der Waals surface area contributed by atoms with Gasteiger partial charge in [-0.1, -0.05) is 16.1 Å². The van der Waals surface area contributed by atoms with Crippen LogP contribution in [0.15, 0.2) is 41.8 Å². The molecule has 0 bridgehead atoms. The number of rotatable bonds is 6. The lowest BCUT2D eigenvalue weighted by molar-refractivity contribution is 0.102. The van der Waals surface area contributed by atoms with E-state index in [4.69, 9.17) is 23.8 Å². The van der Waals surface area contributed by atoms with Gasteiger partial charge in [0.2, 0.25) is 0 Å². The number of carbonyl (C=O) groups excluding carboxylic acids is 1. The van der Waals surface area contributed by atoms with Crippen molar-refractivity contribution in [1.29, 1.82) is 0 Å². The minimum atomic E-state index is -0.308. The van der Waals surface area contributed by atoms with Gasteiger partial charge in [-0.15, -0.1) is 5.10 Å². The van der Waals surface area contributed by atoms with Crippen LogP contribution in [0.25, 0.3) is 0 Å². The Bertz CT molecular complexity index is 1010. The molecule has 1 amide bonds. The number of halogens is 1. The number of nitrogens with one attached hydrogen (secondary N) is 5. The molecule has 11 heteroatoms. The first kappa shape index (κ1) is 20.8. The van der Waals surface area contributed by atoms with Gasteiger partial charge in [-0.3, -0.25) is 4.79 Å². The lowest BCUT2D eigenvalue weighted by atomic mass is 10.2. The molecular formula is C18H18ClN7OS2. The fraction of sp³-hybridized carbons (Fsp3) is 0.111. The number of amides is 1. The molecule has 0 radical (unpaired) electrons. The van der Waals surface area contributed by atoms with E-state index in [1.165, 1.54) is 0 Å². The number of thiocarbonyl (C=S) groups is 1. The van der Waals surface area contributed by atoms with Gasteiger partial charge < -0.3 is 26.6 Å². The predicted octanol–water partition coefficient (Wildman–Crippen LogP) is 4.34. The van der Waals surface area contributed by atoms with Crippen molar-refractivity contribution >= 4 is 74.8 Å². The summed E-state index contributed by atoms with van der Waals surface area (Å²) in [5.41, 5.74) is 4.02.